The zero-order chi connectivity index (χ0) is 16.4. The monoisotopic (exact) mass is 320 g/mol. The van der Waals surface area contributed by atoms with Crippen LogP contribution in [0.15, 0.2) is 0 Å². The lowest BCUT2D eigenvalue weighted by molar-refractivity contribution is -0.132. The smallest absolute Gasteiger partial charge is 0.0545 e. The van der Waals surface area contributed by atoms with Crippen LogP contribution in [0.3, 0.4) is 0 Å². The number of hydrogen-bond acceptors (Lipinski definition) is 2. The summed E-state index contributed by atoms with van der Waals surface area (Å²) in [5.74, 6) is 3.87. The van der Waals surface area contributed by atoms with Crippen molar-refractivity contribution in [2.45, 2.75) is 90.8 Å². The summed E-state index contributed by atoms with van der Waals surface area (Å²) >= 11 is 0. The van der Waals surface area contributed by atoms with Gasteiger partial charge in [0.2, 0.25) is 0 Å². The molecule has 0 aromatic rings. The molecule has 0 heterocycles. The summed E-state index contributed by atoms with van der Waals surface area (Å²) in [4.78, 5) is 0. The molecule has 0 amide bonds. The van der Waals surface area contributed by atoms with Gasteiger partial charge < -0.3 is 10.2 Å². The van der Waals surface area contributed by atoms with Crippen molar-refractivity contribution in [2.75, 3.05) is 0 Å². The summed E-state index contributed by atoms with van der Waals surface area (Å²) < 4.78 is 0. The Balaban J connectivity index is 1.60. The molecule has 2 nitrogen and oxygen atoms in total. The topological polar surface area (TPSA) is 40.5 Å². The van der Waals surface area contributed by atoms with E-state index in [4.69, 9.17) is 0 Å². The van der Waals surface area contributed by atoms with Crippen molar-refractivity contribution in [2.24, 2.45) is 40.4 Å². The minimum absolute atomic E-state index is 0.0374. The van der Waals surface area contributed by atoms with Gasteiger partial charge in [0.05, 0.1) is 12.2 Å². The number of fused-ring (bicyclic) bond motifs is 5. The molecule has 4 fully saturated rings. The van der Waals surface area contributed by atoms with Crippen molar-refractivity contribution in [3.05, 3.63) is 0 Å². The summed E-state index contributed by atoms with van der Waals surface area (Å²) in [7, 11) is 0. The standard InChI is InChI=1S/C21H36O2/c1-13(22)17-6-7-18-16-5-4-14-12-15(23)8-10-20(14,2)19(16)9-11-21(17,18)3/h13-19,22-23H,4-12H2,1-3H3/t13?,14-,15-,16-,17+,18-,19-,20-,21+/m0/s1. The van der Waals surface area contributed by atoms with Gasteiger partial charge in [-0.25, -0.2) is 0 Å². The fourth-order valence-corrected chi connectivity index (χ4v) is 8.07. The normalized spacial score (nSPS) is 57.3. The summed E-state index contributed by atoms with van der Waals surface area (Å²) in [6.07, 6.45) is 11.1. The largest absolute Gasteiger partial charge is 0.393 e. The number of rotatable bonds is 1. The molecule has 0 saturated heterocycles. The minimum atomic E-state index is -0.140. The fraction of sp³-hybridized carbons (Fsp3) is 1.00. The molecule has 9 atom stereocenters. The van der Waals surface area contributed by atoms with Crippen molar-refractivity contribution in [3.63, 3.8) is 0 Å². The number of aliphatic hydroxyl groups is 2. The Kier molecular flexibility index (Phi) is 3.89. The molecule has 4 aliphatic rings. The van der Waals surface area contributed by atoms with E-state index in [0.29, 0.717) is 16.7 Å². The highest BCUT2D eigenvalue weighted by Crippen LogP contribution is 2.67. The molecule has 0 radical (unpaired) electrons. The Bertz CT molecular complexity index is 461. The van der Waals surface area contributed by atoms with Crippen LogP contribution in [-0.2, 0) is 0 Å². The van der Waals surface area contributed by atoms with Gasteiger partial charge in [0.25, 0.3) is 0 Å². The lowest BCUT2D eigenvalue weighted by Gasteiger charge is -2.61. The van der Waals surface area contributed by atoms with Crippen LogP contribution in [0.1, 0.15) is 78.6 Å². The molecule has 0 aliphatic heterocycles. The van der Waals surface area contributed by atoms with Crippen LogP contribution in [0.2, 0.25) is 0 Å². The third-order valence-corrected chi connectivity index (χ3v) is 9.29. The van der Waals surface area contributed by atoms with Crippen LogP contribution in [0.5, 0.6) is 0 Å². The van der Waals surface area contributed by atoms with Gasteiger partial charge in [0.15, 0.2) is 0 Å². The number of hydrogen-bond donors (Lipinski definition) is 2. The van der Waals surface area contributed by atoms with Crippen molar-refractivity contribution >= 4 is 0 Å². The Labute approximate surface area is 142 Å². The van der Waals surface area contributed by atoms with Crippen molar-refractivity contribution < 1.29 is 10.2 Å². The second-order valence-corrected chi connectivity index (χ2v) is 10.1. The fourth-order valence-electron chi connectivity index (χ4n) is 8.07. The SMILES string of the molecule is CC(O)[C@H]1CC[C@H]2[C@@H]3CC[C@H]4C[C@@H](O)CC[C@]4(C)[C@H]3CC[C@]12C. The van der Waals surface area contributed by atoms with Gasteiger partial charge in [-0.2, -0.15) is 0 Å². The first-order valence-corrected chi connectivity index (χ1v) is 10.2. The van der Waals surface area contributed by atoms with Gasteiger partial charge in [-0.05, 0) is 105 Å². The average molecular weight is 321 g/mol. The van der Waals surface area contributed by atoms with Gasteiger partial charge in [0.1, 0.15) is 0 Å². The molecule has 0 aromatic carbocycles. The minimum Gasteiger partial charge on any atom is -0.393 e. The van der Waals surface area contributed by atoms with Crippen LogP contribution in [-0.4, -0.2) is 22.4 Å². The van der Waals surface area contributed by atoms with Crippen LogP contribution in [0.25, 0.3) is 0 Å². The van der Waals surface area contributed by atoms with Gasteiger partial charge in [-0.1, -0.05) is 13.8 Å². The molecular formula is C21H36O2. The van der Waals surface area contributed by atoms with Gasteiger partial charge >= 0.3 is 0 Å². The maximum absolute atomic E-state index is 10.3. The van der Waals surface area contributed by atoms with E-state index in [9.17, 15) is 10.2 Å². The molecular weight excluding hydrogens is 284 g/mol. The first kappa shape index (κ1) is 16.4. The lowest BCUT2D eigenvalue weighted by atomic mass is 9.44. The average Bonchev–Trinajstić information content (AvgIpc) is 2.85. The van der Waals surface area contributed by atoms with Gasteiger partial charge in [-0.3, -0.25) is 0 Å². The maximum Gasteiger partial charge on any atom is 0.0545 e. The Morgan fingerprint density at radius 2 is 1.57 bits per heavy atom. The Morgan fingerprint density at radius 3 is 2.30 bits per heavy atom. The van der Waals surface area contributed by atoms with Gasteiger partial charge in [-0.15, -0.1) is 0 Å². The van der Waals surface area contributed by atoms with E-state index < -0.39 is 0 Å². The van der Waals surface area contributed by atoms with Crippen molar-refractivity contribution in [3.8, 4) is 0 Å². The Hall–Kier alpha value is -0.0800. The molecule has 2 heteroatoms. The summed E-state index contributed by atoms with van der Waals surface area (Å²) in [6, 6.07) is 0. The summed E-state index contributed by atoms with van der Waals surface area (Å²) in [6.45, 7) is 7.08. The first-order chi connectivity index (χ1) is 10.9. The quantitative estimate of drug-likeness (QED) is 0.752. The maximum atomic E-state index is 10.3. The van der Waals surface area contributed by atoms with Crippen LogP contribution in [0.4, 0.5) is 0 Å². The van der Waals surface area contributed by atoms with Crippen LogP contribution < -0.4 is 0 Å². The molecule has 0 aromatic heterocycles. The molecule has 132 valence electrons. The molecule has 2 N–H and O–H groups in total. The molecule has 0 bridgehead atoms. The predicted octanol–water partition coefficient (Wildman–Crippen LogP) is 4.39. The second-order valence-electron chi connectivity index (χ2n) is 10.1. The highest BCUT2D eigenvalue weighted by Gasteiger charge is 2.60. The third kappa shape index (κ3) is 2.27. The summed E-state index contributed by atoms with van der Waals surface area (Å²) in [5.41, 5.74) is 0.860. The summed E-state index contributed by atoms with van der Waals surface area (Å²) in [5, 5.41) is 20.4. The van der Waals surface area contributed by atoms with Crippen molar-refractivity contribution in [1.29, 1.82) is 0 Å². The molecule has 4 saturated carbocycles. The highest BCUT2D eigenvalue weighted by atomic mass is 16.3. The highest BCUT2D eigenvalue weighted by molar-refractivity contribution is 5.09. The third-order valence-electron chi connectivity index (χ3n) is 9.29. The lowest BCUT2D eigenvalue weighted by Crippen LogP contribution is -2.54. The van der Waals surface area contributed by atoms with E-state index in [-0.39, 0.29) is 12.2 Å². The first-order valence-electron chi connectivity index (χ1n) is 10.2. The molecule has 4 rings (SSSR count). The Morgan fingerprint density at radius 1 is 0.870 bits per heavy atom. The van der Waals surface area contributed by atoms with E-state index in [0.717, 1.165) is 36.5 Å². The predicted molar refractivity (Wildman–Crippen MR) is 92.9 cm³/mol. The molecule has 23 heavy (non-hydrogen) atoms. The second kappa shape index (κ2) is 5.46. The van der Waals surface area contributed by atoms with Crippen LogP contribution >= 0.6 is 0 Å². The zero-order valence-electron chi connectivity index (χ0n) is 15.3. The van der Waals surface area contributed by atoms with E-state index in [1.807, 2.05) is 6.92 Å². The molecule has 0 spiro atoms. The van der Waals surface area contributed by atoms with Gasteiger partial charge in [0, 0.05) is 0 Å². The molecule has 4 aliphatic carbocycles. The number of aliphatic hydroxyl groups excluding tert-OH is 2. The van der Waals surface area contributed by atoms with Crippen molar-refractivity contribution in [1.82, 2.24) is 0 Å². The zero-order valence-corrected chi connectivity index (χ0v) is 15.3. The van der Waals surface area contributed by atoms with E-state index in [1.54, 1.807) is 0 Å². The van der Waals surface area contributed by atoms with E-state index >= 15 is 0 Å². The van der Waals surface area contributed by atoms with E-state index in [2.05, 4.69) is 13.8 Å². The van der Waals surface area contributed by atoms with Crippen LogP contribution in [0, 0.1) is 40.4 Å². The van der Waals surface area contributed by atoms with E-state index in [1.165, 1.54) is 44.9 Å². The molecule has 1 unspecified atom stereocenters.